The Morgan fingerprint density at radius 2 is 1.30 bits per heavy atom. The minimum atomic E-state index is -3.19. The molecule has 0 spiro atoms. The lowest BCUT2D eigenvalue weighted by atomic mass is 9.98. The van der Waals surface area contributed by atoms with Crippen LogP contribution in [0.15, 0.2) is 60.7 Å². The van der Waals surface area contributed by atoms with Crippen molar-refractivity contribution in [3.05, 3.63) is 71.8 Å². The van der Waals surface area contributed by atoms with Gasteiger partial charge in [0.25, 0.3) is 0 Å². The van der Waals surface area contributed by atoms with E-state index >= 15 is 0 Å². The number of benzene rings is 2. The standard InChI is InChI=1S/C17H16O2S/c18-20(19)13-7-12-16(14-8-3-1-4-9-14)17(20)15-10-5-2-6-11-15/h1-6,8-11H,7,12-13H2. The van der Waals surface area contributed by atoms with Crippen LogP contribution in [-0.2, 0) is 9.84 Å². The molecule has 1 heterocycles. The van der Waals surface area contributed by atoms with Crippen LogP contribution in [0.2, 0.25) is 0 Å². The lowest BCUT2D eigenvalue weighted by Gasteiger charge is -2.21. The van der Waals surface area contributed by atoms with Gasteiger partial charge in [0, 0.05) is 0 Å². The van der Waals surface area contributed by atoms with Crippen molar-refractivity contribution in [1.82, 2.24) is 0 Å². The Balaban J connectivity index is 2.27. The summed E-state index contributed by atoms with van der Waals surface area (Å²) in [6.07, 6.45) is 1.51. The molecule has 0 saturated heterocycles. The van der Waals surface area contributed by atoms with E-state index in [-0.39, 0.29) is 5.75 Å². The third-order valence-electron chi connectivity index (χ3n) is 3.58. The predicted molar refractivity (Wildman–Crippen MR) is 82.7 cm³/mol. The molecule has 102 valence electrons. The molecule has 2 nitrogen and oxygen atoms in total. The van der Waals surface area contributed by atoms with Gasteiger partial charge in [-0.2, -0.15) is 0 Å². The highest BCUT2D eigenvalue weighted by atomic mass is 32.2. The number of hydrogen-bond acceptors (Lipinski definition) is 2. The van der Waals surface area contributed by atoms with Gasteiger partial charge < -0.3 is 0 Å². The summed E-state index contributed by atoms with van der Waals surface area (Å²) in [5, 5.41) is 0. The van der Waals surface area contributed by atoms with Crippen molar-refractivity contribution in [2.45, 2.75) is 12.8 Å². The molecule has 0 radical (unpaired) electrons. The average Bonchev–Trinajstić information content (AvgIpc) is 2.48. The first kappa shape index (κ1) is 13.1. The van der Waals surface area contributed by atoms with E-state index < -0.39 is 9.84 Å². The van der Waals surface area contributed by atoms with Gasteiger partial charge in [-0.15, -0.1) is 0 Å². The Morgan fingerprint density at radius 1 is 0.750 bits per heavy atom. The van der Waals surface area contributed by atoms with E-state index in [9.17, 15) is 8.42 Å². The highest BCUT2D eigenvalue weighted by Gasteiger charge is 2.28. The van der Waals surface area contributed by atoms with Crippen molar-refractivity contribution in [1.29, 1.82) is 0 Å². The molecule has 20 heavy (non-hydrogen) atoms. The normalized spacial score (nSPS) is 18.0. The average molecular weight is 284 g/mol. The van der Waals surface area contributed by atoms with Gasteiger partial charge in [0.1, 0.15) is 0 Å². The van der Waals surface area contributed by atoms with Gasteiger partial charge >= 0.3 is 0 Å². The van der Waals surface area contributed by atoms with Crippen molar-refractivity contribution < 1.29 is 8.42 Å². The molecule has 1 aliphatic rings. The summed E-state index contributed by atoms with van der Waals surface area (Å²) in [5.74, 6) is 0.244. The second kappa shape index (κ2) is 5.25. The van der Waals surface area contributed by atoms with Crippen molar-refractivity contribution in [3.8, 4) is 0 Å². The zero-order valence-corrected chi connectivity index (χ0v) is 11.9. The van der Waals surface area contributed by atoms with E-state index in [0.29, 0.717) is 11.3 Å². The molecule has 0 aromatic heterocycles. The minimum absolute atomic E-state index is 0.244. The molecule has 1 aliphatic heterocycles. The first-order valence-corrected chi connectivity index (χ1v) is 8.40. The maximum atomic E-state index is 12.5. The maximum absolute atomic E-state index is 12.5. The van der Waals surface area contributed by atoms with E-state index in [2.05, 4.69) is 0 Å². The summed E-state index contributed by atoms with van der Waals surface area (Å²) < 4.78 is 25.0. The van der Waals surface area contributed by atoms with Crippen LogP contribution in [0.4, 0.5) is 0 Å². The summed E-state index contributed by atoms with van der Waals surface area (Å²) in [4.78, 5) is 0.510. The third-order valence-corrected chi connectivity index (χ3v) is 5.51. The fraction of sp³-hybridized carbons (Fsp3) is 0.176. The quantitative estimate of drug-likeness (QED) is 0.841. The second-order valence-electron chi connectivity index (χ2n) is 4.96. The van der Waals surface area contributed by atoms with Gasteiger partial charge in [-0.25, -0.2) is 8.42 Å². The Bertz CT molecular complexity index is 729. The van der Waals surface area contributed by atoms with Gasteiger partial charge in [0.05, 0.1) is 10.7 Å². The summed E-state index contributed by atoms with van der Waals surface area (Å²) >= 11 is 0. The maximum Gasteiger partial charge on any atom is 0.179 e. The zero-order valence-electron chi connectivity index (χ0n) is 11.1. The number of allylic oxidation sites excluding steroid dienone is 1. The van der Waals surface area contributed by atoms with Gasteiger partial charge in [-0.1, -0.05) is 60.7 Å². The molecule has 0 unspecified atom stereocenters. The summed E-state index contributed by atoms with van der Waals surface area (Å²) in [7, 11) is -3.19. The molecule has 0 aliphatic carbocycles. The van der Waals surface area contributed by atoms with E-state index in [4.69, 9.17) is 0 Å². The van der Waals surface area contributed by atoms with Crippen molar-refractivity contribution in [2.24, 2.45) is 0 Å². The van der Waals surface area contributed by atoms with E-state index in [0.717, 1.165) is 23.1 Å². The van der Waals surface area contributed by atoms with Gasteiger partial charge in [0.2, 0.25) is 0 Å². The van der Waals surface area contributed by atoms with Crippen LogP contribution < -0.4 is 0 Å². The van der Waals surface area contributed by atoms with Crippen LogP contribution in [0.25, 0.3) is 10.5 Å². The first-order valence-electron chi connectivity index (χ1n) is 6.75. The number of rotatable bonds is 2. The van der Waals surface area contributed by atoms with Crippen LogP contribution in [0.3, 0.4) is 0 Å². The Morgan fingerprint density at radius 3 is 1.90 bits per heavy atom. The summed E-state index contributed by atoms with van der Waals surface area (Å²) in [6.45, 7) is 0. The summed E-state index contributed by atoms with van der Waals surface area (Å²) in [5.41, 5.74) is 2.75. The summed E-state index contributed by atoms with van der Waals surface area (Å²) in [6, 6.07) is 19.2. The Kier molecular flexibility index (Phi) is 3.45. The van der Waals surface area contributed by atoms with Gasteiger partial charge in [-0.05, 0) is 29.5 Å². The third kappa shape index (κ3) is 2.41. The zero-order chi connectivity index (χ0) is 14.0. The fourth-order valence-electron chi connectivity index (χ4n) is 2.70. The molecule has 0 amide bonds. The van der Waals surface area contributed by atoms with Crippen LogP contribution in [-0.4, -0.2) is 14.2 Å². The monoisotopic (exact) mass is 284 g/mol. The predicted octanol–water partition coefficient (Wildman–Crippen LogP) is 3.76. The highest BCUT2D eigenvalue weighted by molar-refractivity contribution is 8.01. The minimum Gasteiger partial charge on any atom is -0.224 e. The molecular formula is C17H16O2S. The van der Waals surface area contributed by atoms with Crippen LogP contribution >= 0.6 is 0 Å². The lowest BCUT2D eigenvalue weighted by molar-refractivity contribution is 0.602. The second-order valence-corrected chi connectivity index (χ2v) is 7.01. The molecule has 0 atom stereocenters. The van der Waals surface area contributed by atoms with Gasteiger partial charge in [0.15, 0.2) is 9.84 Å². The Labute approximate surface area is 119 Å². The SMILES string of the molecule is O=S1(=O)CCCC(c2ccccc2)=C1c1ccccc1. The number of hydrogen-bond donors (Lipinski definition) is 0. The molecule has 3 rings (SSSR count). The van der Waals surface area contributed by atoms with Crippen molar-refractivity contribution in [2.75, 3.05) is 5.75 Å². The molecule has 2 aromatic rings. The smallest absolute Gasteiger partial charge is 0.179 e. The highest BCUT2D eigenvalue weighted by Crippen LogP contribution is 2.38. The molecule has 0 saturated carbocycles. The molecule has 0 fully saturated rings. The van der Waals surface area contributed by atoms with Gasteiger partial charge in [-0.3, -0.25) is 0 Å². The van der Waals surface area contributed by atoms with E-state index in [1.54, 1.807) is 0 Å². The first-order chi connectivity index (χ1) is 9.68. The van der Waals surface area contributed by atoms with Crippen molar-refractivity contribution in [3.63, 3.8) is 0 Å². The molecule has 3 heteroatoms. The molecule has 2 aromatic carbocycles. The van der Waals surface area contributed by atoms with Crippen LogP contribution in [0, 0.1) is 0 Å². The van der Waals surface area contributed by atoms with E-state index in [1.165, 1.54) is 0 Å². The lowest BCUT2D eigenvalue weighted by Crippen LogP contribution is -2.15. The topological polar surface area (TPSA) is 34.1 Å². The van der Waals surface area contributed by atoms with Crippen LogP contribution in [0.5, 0.6) is 0 Å². The largest absolute Gasteiger partial charge is 0.224 e. The van der Waals surface area contributed by atoms with Crippen molar-refractivity contribution >= 4 is 20.3 Å². The Hall–Kier alpha value is -1.87. The molecule has 0 bridgehead atoms. The fourth-order valence-corrected chi connectivity index (χ4v) is 4.52. The molecular weight excluding hydrogens is 268 g/mol. The van der Waals surface area contributed by atoms with E-state index in [1.807, 2.05) is 60.7 Å². The number of sulfone groups is 1. The van der Waals surface area contributed by atoms with Crippen LogP contribution in [0.1, 0.15) is 24.0 Å². The molecule has 0 N–H and O–H groups in total.